The van der Waals surface area contributed by atoms with Crippen LogP contribution in [0.2, 0.25) is 0 Å². The second kappa shape index (κ2) is 9.54. The predicted molar refractivity (Wildman–Crippen MR) is 113 cm³/mol. The van der Waals surface area contributed by atoms with Crippen molar-refractivity contribution in [2.24, 2.45) is 0 Å². The number of nitrogens with zero attached hydrogens (tertiary/aromatic N) is 2. The molecule has 1 aromatic carbocycles. The fraction of sp³-hybridized carbons (Fsp3) is 0.476. The van der Waals surface area contributed by atoms with Crippen molar-refractivity contribution in [2.45, 2.75) is 44.2 Å². The van der Waals surface area contributed by atoms with E-state index in [4.69, 9.17) is 0 Å². The number of anilines is 1. The average molecular weight is 420 g/mol. The van der Waals surface area contributed by atoms with E-state index in [1.807, 2.05) is 0 Å². The Kier molecular flexibility index (Phi) is 7.08. The molecule has 0 spiro atoms. The maximum Gasteiger partial charge on any atom is 0.349 e. The second-order valence-electron chi connectivity index (χ2n) is 7.74. The summed E-state index contributed by atoms with van der Waals surface area (Å²) < 4.78 is 15.5. The van der Waals surface area contributed by atoms with Gasteiger partial charge < -0.3 is 10.2 Å². The highest BCUT2D eigenvalue weighted by Gasteiger charge is 2.21. The third kappa shape index (κ3) is 5.45. The first kappa shape index (κ1) is 21.5. The summed E-state index contributed by atoms with van der Waals surface area (Å²) in [5.41, 5.74) is 2.89. The number of quaternary nitrogens is 1. The van der Waals surface area contributed by atoms with E-state index in [0.29, 0.717) is 22.8 Å². The van der Waals surface area contributed by atoms with Gasteiger partial charge in [0, 0.05) is 16.9 Å². The molecule has 3 rings (SSSR count). The van der Waals surface area contributed by atoms with E-state index in [0.717, 1.165) is 43.5 Å². The first-order valence-corrected chi connectivity index (χ1v) is 10.9. The molecule has 1 amide bonds. The number of hydrogen-bond acceptors (Lipinski definition) is 4. The zero-order valence-corrected chi connectivity index (χ0v) is 18.0. The van der Waals surface area contributed by atoms with Crippen molar-refractivity contribution in [3.63, 3.8) is 0 Å². The molecular formula is C21H28FN4O2S+. The first-order valence-electron chi connectivity index (χ1n) is 9.95. The number of aromatic nitrogens is 2. The summed E-state index contributed by atoms with van der Waals surface area (Å²) in [5, 5.41) is 3.36. The summed E-state index contributed by atoms with van der Waals surface area (Å²) in [6.45, 7) is 3.19. The van der Waals surface area contributed by atoms with E-state index >= 15 is 0 Å². The van der Waals surface area contributed by atoms with E-state index < -0.39 is 0 Å². The molecule has 6 nitrogen and oxygen atoms in total. The van der Waals surface area contributed by atoms with Gasteiger partial charge in [-0.05, 0) is 50.3 Å². The number of nitrogens with one attached hydrogen (secondary N) is 2. The number of carbonyl (C=O) groups is 1. The molecule has 29 heavy (non-hydrogen) atoms. The smallest absolute Gasteiger partial charge is 0.338 e. The molecule has 0 unspecified atom stereocenters. The van der Waals surface area contributed by atoms with Crippen LogP contribution in [0.5, 0.6) is 0 Å². The number of halogens is 1. The number of fused-ring (bicyclic) bond motifs is 1. The molecule has 2 aromatic rings. The van der Waals surface area contributed by atoms with Crippen LogP contribution < -0.4 is 15.9 Å². The van der Waals surface area contributed by atoms with Gasteiger partial charge in [-0.15, -0.1) is 0 Å². The molecule has 1 aromatic heterocycles. The van der Waals surface area contributed by atoms with E-state index in [-0.39, 0.29) is 23.2 Å². The van der Waals surface area contributed by atoms with E-state index in [9.17, 15) is 14.0 Å². The van der Waals surface area contributed by atoms with Crippen molar-refractivity contribution in [3.8, 4) is 0 Å². The average Bonchev–Trinajstić information content (AvgIpc) is 2.68. The summed E-state index contributed by atoms with van der Waals surface area (Å²) in [4.78, 5) is 30.5. The molecule has 0 radical (unpaired) electrons. The van der Waals surface area contributed by atoms with Crippen molar-refractivity contribution >= 4 is 23.4 Å². The number of hydrogen-bond donors (Lipinski definition) is 2. The van der Waals surface area contributed by atoms with Gasteiger partial charge in [0.2, 0.25) is 5.91 Å². The summed E-state index contributed by atoms with van der Waals surface area (Å²) in [7, 11) is 4.13. The van der Waals surface area contributed by atoms with Crippen molar-refractivity contribution in [1.82, 2.24) is 9.55 Å². The number of thioether (sulfide) groups is 1. The van der Waals surface area contributed by atoms with Crippen LogP contribution in [0.25, 0.3) is 0 Å². The summed E-state index contributed by atoms with van der Waals surface area (Å²) in [6, 6.07) is 4.62. The zero-order chi connectivity index (χ0) is 21.0. The Morgan fingerprint density at radius 1 is 1.31 bits per heavy atom. The van der Waals surface area contributed by atoms with Crippen LogP contribution in [0, 0.1) is 12.7 Å². The standard InChI is InChI=1S/C21H27FN4O2S/c1-14-8-9-15(12-17(14)22)23-19(27)13-29-20-16-6-4-5-7-18(16)26(21(28)24-20)11-10-25(2)3/h8-9,12H,4-7,10-11,13H2,1-3H3,(H,23,27)/p+1. The Morgan fingerprint density at radius 3 is 2.79 bits per heavy atom. The predicted octanol–water partition coefficient (Wildman–Crippen LogP) is 1.44. The quantitative estimate of drug-likeness (QED) is 0.527. The van der Waals surface area contributed by atoms with Gasteiger partial charge in [-0.1, -0.05) is 17.8 Å². The molecule has 0 bridgehead atoms. The lowest BCUT2D eigenvalue weighted by atomic mass is 9.97. The zero-order valence-electron chi connectivity index (χ0n) is 17.2. The Hall–Kier alpha value is -2.19. The lowest BCUT2D eigenvalue weighted by Crippen LogP contribution is -3.06. The van der Waals surface area contributed by atoms with Gasteiger partial charge in [0.25, 0.3) is 0 Å². The number of benzene rings is 1. The van der Waals surface area contributed by atoms with Gasteiger partial charge in [-0.2, -0.15) is 4.98 Å². The highest BCUT2D eigenvalue weighted by Crippen LogP contribution is 2.28. The number of amides is 1. The molecule has 0 aliphatic heterocycles. The Balaban J connectivity index is 1.73. The first-order chi connectivity index (χ1) is 13.8. The SMILES string of the molecule is Cc1ccc(NC(=O)CSc2nc(=O)n(CC[NH+](C)C)c3c2CCCC3)cc1F. The van der Waals surface area contributed by atoms with Gasteiger partial charge in [0.05, 0.1) is 32.9 Å². The number of aryl methyl sites for hydroxylation is 1. The summed E-state index contributed by atoms with van der Waals surface area (Å²) in [5.74, 6) is -0.473. The van der Waals surface area contributed by atoms with Crippen molar-refractivity contribution in [2.75, 3.05) is 31.7 Å². The molecule has 0 saturated heterocycles. The minimum atomic E-state index is -0.352. The lowest BCUT2D eigenvalue weighted by Gasteiger charge is -2.23. The minimum absolute atomic E-state index is 0.125. The highest BCUT2D eigenvalue weighted by atomic mass is 32.2. The fourth-order valence-electron chi connectivity index (χ4n) is 3.43. The van der Waals surface area contributed by atoms with Crippen LogP contribution in [-0.2, 0) is 24.2 Å². The van der Waals surface area contributed by atoms with Gasteiger partial charge in [0.15, 0.2) is 0 Å². The highest BCUT2D eigenvalue weighted by molar-refractivity contribution is 8.00. The minimum Gasteiger partial charge on any atom is -0.338 e. The Labute approximate surface area is 174 Å². The summed E-state index contributed by atoms with van der Waals surface area (Å²) >= 11 is 1.28. The number of carbonyl (C=O) groups excluding carboxylic acids is 1. The van der Waals surface area contributed by atoms with Crippen molar-refractivity contribution in [1.29, 1.82) is 0 Å². The molecule has 1 heterocycles. The maximum absolute atomic E-state index is 13.7. The van der Waals surface area contributed by atoms with Gasteiger partial charge in [0.1, 0.15) is 10.8 Å². The second-order valence-corrected chi connectivity index (χ2v) is 8.71. The van der Waals surface area contributed by atoms with Crippen LogP contribution in [0.1, 0.15) is 29.7 Å². The molecule has 0 atom stereocenters. The molecule has 8 heteroatoms. The third-order valence-electron chi connectivity index (χ3n) is 5.08. The molecule has 0 saturated carbocycles. The Bertz CT molecular complexity index is 958. The van der Waals surface area contributed by atoms with Crippen molar-refractivity contribution < 1.29 is 14.1 Å². The summed E-state index contributed by atoms with van der Waals surface area (Å²) in [6.07, 6.45) is 3.88. The normalized spacial score (nSPS) is 13.4. The molecule has 2 N–H and O–H groups in total. The third-order valence-corrected chi connectivity index (χ3v) is 6.10. The van der Waals surface area contributed by atoms with E-state index in [2.05, 4.69) is 24.4 Å². The van der Waals surface area contributed by atoms with Gasteiger partial charge in [-0.3, -0.25) is 9.36 Å². The van der Waals surface area contributed by atoms with Crippen LogP contribution in [0.3, 0.4) is 0 Å². The number of rotatable bonds is 7. The fourth-order valence-corrected chi connectivity index (χ4v) is 4.31. The maximum atomic E-state index is 13.7. The Morgan fingerprint density at radius 2 is 2.07 bits per heavy atom. The molecule has 1 aliphatic carbocycles. The largest absolute Gasteiger partial charge is 0.349 e. The lowest BCUT2D eigenvalue weighted by molar-refractivity contribution is -0.859. The molecule has 0 fully saturated rings. The topological polar surface area (TPSA) is 68.4 Å². The monoisotopic (exact) mass is 419 g/mol. The van der Waals surface area contributed by atoms with E-state index in [1.54, 1.807) is 23.6 Å². The van der Waals surface area contributed by atoms with Crippen LogP contribution in [0.15, 0.2) is 28.0 Å². The van der Waals surface area contributed by atoms with Crippen LogP contribution in [-0.4, -0.2) is 41.9 Å². The van der Waals surface area contributed by atoms with Crippen LogP contribution >= 0.6 is 11.8 Å². The molecule has 1 aliphatic rings. The van der Waals surface area contributed by atoms with Crippen molar-refractivity contribution in [3.05, 3.63) is 51.3 Å². The molecule has 156 valence electrons. The van der Waals surface area contributed by atoms with Crippen LogP contribution in [0.4, 0.5) is 10.1 Å². The molecular weight excluding hydrogens is 391 g/mol. The van der Waals surface area contributed by atoms with Gasteiger partial charge in [-0.25, -0.2) is 9.18 Å². The number of likely N-dealkylation sites (N-methyl/N-ethyl adjacent to an activating group) is 1. The van der Waals surface area contributed by atoms with E-state index in [1.165, 1.54) is 22.7 Å². The van der Waals surface area contributed by atoms with Gasteiger partial charge >= 0.3 is 5.69 Å².